The first-order valence-corrected chi connectivity index (χ1v) is 9.46. The number of fused-ring (bicyclic) bond motifs is 3. The van der Waals surface area contributed by atoms with E-state index in [1.54, 1.807) is 32.4 Å². The van der Waals surface area contributed by atoms with Crippen LogP contribution in [0.15, 0.2) is 54.7 Å². The van der Waals surface area contributed by atoms with Gasteiger partial charge in [0.25, 0.3) is 0 Å². The third-order valence-electron chi connectivity index (χ3n) is 4.76. The standard InChI is InChI=1S/C22H22N4O3/c1-4-29-21(27)18-13-16-12-17-19(28-3)10-11-23-20(17)26(16)22(25-18)24-14(2)15-8-6-5-7-9-15/h5-14H,4H2,1-3H3,(H,24,25). The van der Waals surface area contributed by atoms with Crippen molar-refractivity contribution in [3.63, 3.8) is 0 Å². The number of nitrogens with one attached hydrogen (secondary N) is 1. The third kappa shape index (κ3) is 3.47. The summed E-state index contributed by atoms with van der Waals surface area (Å²) in [6.07, 6.45) is 1.69. The van der Waals surface area contributed by atoms with Crippen LogP contribution in [0.4, 0.5) is 5.95 Å². The molecule has 0 saturated heterocycles. The number of hydrogen-bond acceptors (Lipinski definition) is 6. The number of aromatic nitrogens is 3. The van der Waals surface area contributed by atoms with Crippen LogP contribution < -0.4 is 10.1 Å². The Balaban J connectivity index is 1.90. The van der Waals surface area contributed by atoms with E-state index in [1.165, 1.54) is 0 Å². The Kier molecular flexibility index (Phi) is 5.03. The third-order valence-corrected chi connectivity index (χ3v) is 4.76. The summed E-state index contributed by atoms with van der Waals surface area (Å²) in [6, 6.07) is 15.4. The van der Waals surface area contributed by atoms with Crippen LogP contribution in [-0.2, 0) is 4.74 Å². The van der Waals surface area contributed by atoms with Crippen molar-refractivity contribution in [2.24, 2.45) is 0 Å². The molecule has 0 saturated carbocycles. The number of methoxy groups -OCH3 is 1. The van der Waals surface area contributed by atoms with Crippen molar-refractivity contribution in [1.29, 1.82) is 0 Å². The summed E-state index contributed by atoms with van der Waals surface area (Å²) in [5, 5.41) is 4.26. The molecule has 0 radical (unpaired) electrons. The molecule has 4 rings (SSSR count). The molecule has 3 aromatic heterocycles. The van der Waals surface area contributed by atoms with Crippen LogP contribution in [0, 0.1) is 0 Å². The number of esters is 1. The van der Waals surface area contributed by atoms with Crippen LogP contribution in [0.2, 0.25) is 0 Å². The second-order valence-electron chi connectivity index (χ2n) is 6.62. The molecule has 1 atom stereocenters. The minimum absolute atomic E-state index is 0.0348. The molecular weight excluding hydrogens is 368 g/mol. The summed E-state index contributed by atoms with van der Waals surface area (Å²) in [7, 11) is 1.62. The second kappa shape index (κ2) is 7.79. The van der Waals surface area contributed by atoms with E-state index in [1.807, 2.05) is 47.7 Å². The lowest BCUT2D eigenvalue weighted by molar-refractivity contribution is 0.0519. The molecule has 0 aliphatic heterocycles. The molecule has 0 spiro atoms. The molecule has 29 heavy (non-hydrogen) atoms. The van der Waals surface area contributed by atoms with Crippen LogP contribution in [0.25, 0.3) is 16.6 Å². The number of carbonyl (C=O) groups is 1. The van der Waals surface area contributed by atoms with Gasteiger partial charge in [-0.1, -0.05) is 30.3 Å². The maximum atomic E-state index is 12.4. The predicted molar refractivity (Wildman–Crippen MR) is 111 cm³/mol. The SMILES string of the molecule is CCOC(=O)c1cc2cc3c(OC)ccnc3n2c(NC(C)c2ccccc2)n1. The fraction of sp³-hybridized carbons (Fsp3) is 0.227. The van der Waals surface area contributed by atoms with Gasteiger partial charge in [-0.05, 0) is 37.6 Å². The minimum Gasteiger partial charge on any atom is -0.496 e. The van der Waals surface area contributed by atoms with Crippen molar-refractivity contribution < 1.29 is 14.3 Å². The number of carbonyl (C=O) groups excluding carboxylic acids is 1. The van der Waals surface area contributed by atoms with Gasteiger partial charge in [0.05, 0.1) is 30.7 Å². The minimum atomic E-state index is -0.462. The predicted octanol–water partition coefficient (Wildman–Crippen LogP) is 4.24. The number of rotatable bonds is 6. The van der Waals surface area contributed by atoms with E-state index < -0.39 is 5.97 Å². The van der Waals surface area contributed by atoms with Gasteiger partial charge < -0.3 is 14.8 Å². The zero-order valence-corrected chi connectivity index (χ0v) is 16.5. The molecule has 1 unspecified atom stereocenters. The Morgan fingerprint density at radius 2 is 2.00 bits per heavy atom. The number of ether oxygens (including phenoxy) is 2. The van der Waals surface area contributed by atoms with Crippen LogP contribution in [0.3, 0.4) is 0 Å². The van der Waals surface area contributed by atoms with Gasteiger partial charge in [0.15, 0.2) is 11.3 Å². The first kappa shape index (κ1) is 18.7. The van der Waals surface area contributed by atoms with Crippen molar-refractivity contribution in [3.8, 4) is 5.75 Å². The van der Waals surface area contributed by atoms with Crippen LogP contribution in [0.5, 0.6) is 5.75 Å². The van der Waals surface area contributed by atoms with E-state index in [9.17, 15) is 4.79 Å². The van der Waals surface area contributed by atoms with Gasteiger partial charge in [0, 0.05) is 6.20 Å². The number of pyridine rings is 1. The summed E-state index contributed by atoms with van der Waals surface area (Å²) in [5.41, 5.74) is 2.82. The summed E-state index contributed by atoms with van der Waals surface area (Å²) >= 11 is 0. The smallest absolute Gasteiger partial charge is 0.357 e. The maximum Gasteiger partial charge on any atom is 0.357 e. The van der Waals surface area contributed by atoms with E-state index in [0.29, 0.717) is 17.3 Å². The Morgan fingerprint density at radius 3 is 2.72 bits per heavy atom. The molecule has 0 amide bonds. The quantitative estimate of drug-likeness (QED) is 0.496. The highest BCUT2D eigenvalue weighted by molar-refractivity contribution is 5.94. The normalized spacial score (nSPS) is 12.1. The van der Waals surface area contributed by atoms with Crippen molar-refractivity contribution in [2.75, 3.05) is 19.0 Å². The number of anilines is 1. The monoisotopic (exact) mass is 390 g/mol. The lowest BCUT2D eigenvalue weighted by Gasteiger charge is -2.17. The largest absolute Gasteiger partial charge is 0.496 e. The van der Waals surface area contributed by atoms with Gasteiger partial charge in [-0.25, -0.2) is 14.8 Å². The van der Waals surface area contributed by atoms with E-state index in [0.717, 1.165) is 16.5 Å². The fourth-order valence-electron chi connectivity index (χ4n) is 3.36. The highest BCUT2D eigenvalue weighted by Gasteiger charge is 2.19. The molecular formula is C22H22N4O3. The molecule has 0 aliphatic rings. The topological polar surface area (TPSA) is 77.8 Å². The summed E-state index contributed by atoms with van der Waals surface area (Å²) in [5.74, 6) is 0.756. The van der Waals surface area contributed by atoms with Gasteiger partial charge in [-0.3, -0.25) is 4.40 Å². The van der Waals surface area contributed by atoms with Crippen molar-refractivity contribution in [2.45, 2.75) is 19.9 Å². The van der Waals surface area contributed by atoms with E-state index in [2.05, 4.69) is 15.3 Å². The maximum absolute atomic E-state index is 12.4. The molecule has 0 fully saturated rings. The Bertz CT molecular complexity index is 1170. The van der Waals surface area contributed by atoms with Crippen LogP contribution in [0.1, 0.15) is 35.9 Å². The lowest BCUT2D eigenvalue weighted by Crippen LogP contribution is -2.15. The van der Waals surface area contributed by atoms with Gasteiger partial charge >= 0.3 is 5.97 Å². The highest BCUT2D eigenvalue weighted by atomic mass is 16.5. The van der Waals surface area contributed by atoms with Gasteiger partial charge in [0.2, 0.25) is 5.95 Å². The average Bonchev–Trinajstić information content (AvgIpc) is 3.13. The first-order chi connectivity index (χ1) is 14.1. The van der Waals surface area contributed by atoms with Crippen LogP contribution in [-0.4, -0.2) is 34.1 Å². The number of hydrogen-bond donors (Lipinski definition) is 1. The second-order valence-corrected chi connectivity index (χ2v) is 6.62. The van der Waals surface area contributed by atoms with Crippen molar-refractivity contribution in [1.82, 2.24) is 14.4 Å². The van der Waals surface area contributed by atoms with Crippen molar-refractivity contribution in [3.05, 3.63) is 66.0 Å². The highest BCUT2D eigenvalue weighted by Crippen LogP contribution is 2.30. The summed E-state index contributed by atoms with van der Waals surface area (Å²) in [6.45, 7) is 4.10. The molecule has 7 heteroatoms. The first-order valence-electron chi connectivity index (χ1n) is 9.46. The number of benzene rings is 1. The van der Waals surface area contributed by atoms with Gasteiger partial charge in [-0.15, -0.1) is 0 Å². The van der Waals surface area contributed by atoms with E-state index in [4.69, 9.17) is 9.47 Å². The summed E-state index contributed by atoms with van der Waals surface area (Å²) < 4.78 is 12.5. The molecule has 0 aliphatic carbocycles. The molecule has 148 valence electrons. The molecule has 0 bridgehead atoms. The van der Waals surface area contributed by atoms with Gasteiger partial charge in [0.1, 0.15) is 5.75 Å². The molecule has 3 heterocycles. The fourth-order valence-corrected chi connectivity index (χ4v) is 3.36. The molecule has 1 aromatic carbocycles. The van der Waals surface area contributed by atoms with Gasteiger partial charge in [-0.2, -0.15) is 0 Å². The lowest BCUT2D eigenvalue weighted by atomic mass is 10.1. The molecule has 1 N–H and O–H groups in total. The summed E-state index contributed by atoms with van der Waals surface area (Å²) in [4.78, 5) is 21.4. The zero-order chi connectivity index (χ0) is 20.4. The average molecular weight is 390 g/mol. The van der Waals surface area contributed by atoms with E-state index in [-0.39, 0.29) is 18.3 Å². The molecule has 4 aromatic rings. The Hall–Kier alpha value is -3.61. The zero-order valence-electron chi connectivity index (χ0n) is 16.5. The van der Waals surface area contributed by atoms with Crippen LogP contribution >= 0.6 is 0 Å². The Labute approximate surface area is 168 Å². The Morgan fingerprint density at radius 1 is 1.21 bits per heavy atom. The van der Waals surface area contributed by atoms with Crippen molar-refractivity contribution >= 4 is 28.5 Å². The van der Waals surface area contributed by atoms with E-state index >= 15 is 0 Å². The molecule has 7 nitrogen and oxygen atoms in total. The number of nitrogens with zero attached hydrogens (tertiary/aromatic N) is 3.